The van der Waals surface area contributed by atoms with Crippen LogP contribution < -0.4 is 5.32 Å². The molecule has 1 N–H and O–H groups in total. The fourth-order valence-corrected chi connectivity index (χ4v) is 4.12. The van der Waals surface area contributed by atoms with Crippen LogP contribution in [0.25, 0.3) is 0 Å². The molecule has 2 aromatic rings. The van der Waals surface area contributed by atoms with Crippen LogP contribution in [-0.4, -0.2) is 51.4 Å². The van der Waals surface area contributed by atoms with Crippen molar-refractivity contribution in [3.63, 3.8) is 0 Å². The highest BCUT2D eigenvalue weighted by atomic mass is 19.2. The molecule has 2 heterocycles. The zero-order valence-electron chi connectivity index (χ0n) is 19.5. The monoisotopic (exact) mass is 478 g/mol. The minimum Gasteiger partial charge on any atom is -0.444 e. The van der Waals surface area contributed by atoms with Crippen LogP contribution >= 0.6 is 0 Å². The summed E-state index contributed by atoms with van der Waals surface area (Å²) in [5.74, 6) is -3.14. The number of aromatic nitrogens is 2. The highest BCUT2D eigenvalue weighted by molar-refractivity contribution is 5.79. The first kappa shape index (κ1) is 24.1. The standard InChI is InChI=1S/C24H29F3N4O3/c1-24(2,3)34-23(33)29-16(8-15-9-19(26)20(27)11-18(15)25)10-22(32)30-12-17(13-30)31-21(6-7-28-31)14-4-5-14/h6-7,9,11,14,16-17H,4-5,8,10,12-13H2,1-3H3,(H,29,33)/t16-/m1/s1. The van der Waals surface area contributed by atoms with Gasteiger partial charge >= 0.3 is 6.09 Å². The largest absolute Gasteiger partial charge is 0.444 e. The Balaban J connectivity index is 1.41. The van der Waals surface area contributed by atoms with Gasteiger partial charge in [0.2, 0.25) is 5.91 Å². The number of likely N-dealkylation sites (tertiary alicyclic amines) is 1. The average Bonchev–Trinajstić information content (AvgIpc) is 3.41. The van der Waals surface area contributed by atoms with Crippen LogP contribution in [0.2, 0.25) is 0 Å². The van der Waals surface area contributed by atoms with Gasteiger partial charge in [0.15, 0.2) is 11.6 Å². The number of amides is 2. The van der Waals surface area contributed by atoms with Crippen molar-refractivity contribution in [3.8, 4) is 0 Å². The molecular formula is C24H29F3N4O3. The molecule has 10 heteroatoms. The van der Waals surface area contributed by atoms with Crippen molar-refractivity contribution in [1.82, 2.24) is 20.0 Å². The molecule has 0 spiro atoms. The van der Waals surface area contributed by atoms with Crippen molar-refractivity contribution in [2.75, 3.05) is 13.1 Å². The number of carbonyl (C=O) groups excluding carboxylic acids is 2. The van der Waals surface area contributed by atoms with Crippen LogP contribution in [0.3, 0.4) is 0 Å². The topological polar surface area (TPSA) is 76.5 Å². The Labute approximate surface area is 196 Å². The number of benzene rings is 1. The van der Waals surface area contributed by atoms with E-state index in [9.17, 15) is 22.8 Å². The third kappa shape index (κ3) is 5.71. The predicted molar refractivity (Wildman–Crippen MR) is 118 cm³/mol. The molecule has 1 atom stereocenters. The molecule has 4 rings (SSSR count). The average molecular weight is 479 g/mol. The van der Waals surface area contributed by atoms with Gasteiger partial charge in [-0.2, -0.15) is 5.10 Å². The smallest absolute Gasteiger partial charge is 0.407 e. The Morgan fingerprint density at radius 3 is 2.47 bits per heavy atom. The highest BCUT2D eigenvalue weighted by Crippen LogP contribution is 2.41. The van der Waals surface area contributed by atoms with Gasteiger partial charge in [-0.1, -0.05) is 0 Å². The van der Waals surface area contributed by atoms with Crippen molar-refractivity contribution in [2.45, 2.75) is 70.1 Å². The lowest BCUT2D eigenvalue weighted by atomic mass is 10.00. The summed E-state index contributed by atoms with van der Waals surface area (Å²) in [5.41, 5.74) is 0.273. The van der Waals surface area contributed by atoms with Crippen LogP contribution in [0.5, 0.6) is 0 Å². The molecule has 1 aliphatic carbocycles. The number of hydrogen-bond acceptors (Lipinski definition) is 4. The van der Waals surface area contributed by atoms with E-state index in [1.54, 1.807) is 31.9 Å². The number of carbonyl (C=O) groups is 2. The minimum atomic E-state index is -1.30. The first-order chi connectivity index (χ1) is 16.0. The fraction of sp³-hybridized carbons (Fsp3) is 0.542. The number of alkyl carbamates (subject to hydrolysis) is 1. The summed E-state index contributed by atoms with van der Waals surface area (Å²) in [4.78, 5) is 26.9. The van der Waals surface area contributed by atoms with E-state index in [4.69, 9.17) is 4.74 Å². The molecule has 184 valence electrons. The molecule has 2 aliphatic rings. The first-order valence-corrected chi connectivity index (χ1v) is 11.4. The van der Waals surface area contributed by atoms with E-state index in [2.05, 4.69) is 10.4 Å². The molecule has 1 aromatic carbocycles. The van der Waals surface area contributed by atoms with Gasteiger partial charge in [0.25, 0.3) is 0 Å². The molecular weight excluding hydrogens is 449 g/mol. The third-order valence-corrected chi connectivity index (χ3v) is 5.95. The summed E-state index contributed by atoms with van der Waals surface area (Å²) in [6.45, 7) is 6.03. The summed E-state index contributed by atoms with van der Waals surface area (Å²) < 4.78 is 48.5. The van der Waals surface area contributed by atoms with Gasteiger partial charge in [-0.15, -0.1) is 0 Å². The number of halogens is 3. The minimum absolute atomic E-state index is 0.0930. The van der Waals surface area contributed by atoms with Gasteiger partial charge in [-0.3, -0.25) is 9.48 Å². The fourth-order valence-electron chi connectivity index (χ4n) is 4.12. The number of nitrogens with zero attached hydrogens (tertiary/aromatic N) is 3. The van der Waals surface area contributed by atoms with Gasteiger partial charge < -0.3 is 15.0 Å². The van der Waals surface area contributed by atoms with Gasteiger partial charge in [0.05, 0.1) is 6.04 Å². The van der Waals surface area contributed by atoms with Crippen molar-refractivity contribution < 1.29 is 27.5 Å². The molecule has 34 heavy (non-hydrogen) atoms. The predicted octanol–water partition coefficient (Wildman–Crippen LogP) is 4.09. The Hall–Kier alpha value is -3.04. The van der Waals surface area contributed by atoms with E-state index >= 15 is 0 Å². The molecule has 2 fully saturated rings. The molecule has 1 aliphatic heterocycles. The normalized spacial score (nSPS) is 17.3. The second kappa shape index (κ2) is 9.31. The van der Waals surface area contributed by atoms with Crippen molar-refractivity contribution >= 4 is 12.0 Å². The van der Waals surface area contributed by atoms with Gasteiger partial charge in [-0.05, 0) is 57.7 Å². The SMILES string of the molecule is CC(C)(C)OC(=O)N[C@@H](CC(=O)N1CC(n2nccc2C2CC2)C1)Cc1cc(F)c(F)cc1F. The van der Waals surface area contributed by atoms with Crippen LogP contribution in [0.15, 0.2) is 24.4 Å². The van der Waals surface area contributed by atoms with Gasteiger partial charge in [0.1, 0.15) is 11.4 Å². The summed E-state index contributed by atoms with van der Waals surface area (Å²) in [5, 5.41) is 6.99. The number of hydrogen-bond donors (Lipinski definition) is 1. The third-order valence-electron chi connectivity index (χ3n) is 5.95. The quantitative estimate of drug-likeness (QED) is 0.609. The van der Waals surface area contributed by atoms with E-state index in [1.165, 1.54) is 5.69 Å². The lowest BCUT2D eigenvalue weighted by Crippen LogP contribution is -2.53. The van der Waals surface area contributed by atoms with Gasteiger partial charge in [-0.25, -0.2) is 18.0 Å². The van der Waals surface area contributed by atoms with E-state index in [1.807, 2.05) is 10.7 Å². The Morgan fingerprint density at radius 1 is 1.15 bits per heavy atom. The lowest BCUT2D eigenvalue weighted by Gasteiger charge is -2.40. The Bertz CT molecular complexity index is 1070. The zero-order chi connectivity index (χ0) is 24.6. The zero-order valence-corrected chi connectivity index (χ0v) is 19.5. The molecule has 0 bridgehead atoms. The second-order valence-corrected chi connectivity index (χ2v) is 10.0. The van der Waals surface area contributed by atoms with E-state index in [0.717, 1.165) is 18.9 Å². The summed E-state index contributed by atoms with van der Waals surface area (Å²) >= 11 is 0. The Kier molecular flexibility index (Phi) is 6.60. The van der Waals surface area contributed by atoms with Crippen LogP contribution in [0.4, 0.5) is 18.0 Å². The lowest BCUT2D eigenvalue weighted by molar-refractivity contribution is -0.137. The molecule has 0 unspecified atom stereocenters. The molecule has 1 saturated carbocycles. The maximum atomic E-state index is 14.2. The van der Waals surface area contributed by atoms with Crippen molar-refractivity contribution in [1.29, 1.82) is 0 Å². The van der Waals surface area contributed by atoms with Crippen molar-refractivity contribution in [3.05, 3.63) is 53.1 Å². The number of nitrogens with one attached hydrogen (secondary N) is 1. The molecule has 1 aromatic heterocycles. The molecule has 0 radical (unpaired) electrons. The first-order valence-electron chi connectivity index (χ1n) is 11.4. The Morgan fingerprint density at radius 2 is 1.82 bits per heavy atom. The van der Waals surface area contributed by atoms with E-state index in [0.29, 0.717) is 25.1 Å². The second-order valence-electron chi connectivity index (χ2n) is 10.0. The summed E-state index contributed by atoms with van der Waals surface area (Å²) in [7, 11) is 0. The van der Waals surface area contributed by atoms with Crippen LogP contribution in [0.1, 0.15) is 63.3 Å². The number of ether oxygens (including phenoxy) is 1. The van der Waals surface area contributed by atoms with E-state index < -0.39 is 35.2 Å². The molecule has 1 saturated heterocycles. The van der Waals surface area contributed by atoms with E-state index in [-0.39, 0.29) is 30.4 Å². The maximum Gasteiger partial charge on any atom is 0.407 e. The summed E-state index contributed by atoms with van der Waals surface area (Å²) in [6, 6.07) is 2.44. The van der Waals surface area contributed by atoms with Crippen LogP contribution in [-0.2, 0) is 16.0 Å². The van der Waals surface area contributed by atoms with Crippen molar-refractivity contribution in [2.24, 2.45) is 0 Å². The molecule has 7 nitrogen and oxygen atoms in total. The number of rotatable bonds is 7. The highest BCUT2D eigenvalue weighted by Gasteiger charge is 2.37. The van der Waals surface area contributed by atoms with Gasteiger partial charge in [0, 0.05) is 49.4 Å². The summed E-state index contributed by atoms with van der Waals surface area (Å²) in [6.07, 6.45) is 2.96. The maximum absolute atomic E-state index is 14.2. The van der Waals surface area contributed by atoms with Crippen LogP contribution in [0, 0.1) is 17.5 Å². The molecule has 2 amide bonds.